The number of piperazine rings is 1. The smallest absolute Gasteiger partial charge is 0.253 e. The number of rotatable bonds is 4. The fourth-order valence-electron chi connectivity index (χ4n) is 3.14. The monoisotopic (exact) mass is 413 g/mol. The second-order valence-electron chi connectivity index (χ2n) is 6.14. The quantitative estimate of drug-likeness (QED) is 0.769. The highest BCUT2D eigenvalue weighted by atomic mass is 79.9. The molecule has 1 fully saturated rings. The first-order valence-corrected chi connectivity index (χ1v) is 9.24. The van der Waals surface area contributed by atoms with Crippen LogP contribution in [0.4, 0.5) is 0 Å². The van der Waals surface area contributed by atoms with Crippen LogP contribution in [0.15, 0.2) is 53.0 Å². The number of hydrogen-bond acceptors (Lipinski definition) is 4. The summed E-state index contributed by atoms with van der Waals surface area (Å²) in [6.07, 6.45) is 0. The SMILES string of the molecule is COc1ccc(C(C#N)N2CCN(C(=O)c3cccc(Br)c3)CC2)cc1. The van der Waals surface area contributed by atoms with Gasteiger partial charge in [0, 0.05) is 36.2 Å². The Kier molecular flexibility index (Phi) is 5.92. The summed E-state index contributed by atoms with van der Waals surface area (Å²) in [5, 5.41) is 9.63. The van der Waals surface area contributed by atoms with Crippen LogP contribution in [0.25, 0.3) is 0 Å². The van der Waals surface area contributed by atoms with E-state index in [2.05, 4.69) is 26.9 Å². The Morgan fingerprint density at radius 1 is 1.15 bits per heavy atom. The molecule has 1 saturated heterocycles. The van der Waals surface area contributed by atoms with Crippen molar-refractivity contribution in [3.8, 4) is 11.8 Å². The maximum absolute atomic E-state index is 12.6. The van der Waals surface area contributed by atoms with E-state index in [1.54, 1.807) is 7.11 Å². The number of benzene rings is 2. The van der Waals surface area contributed by atoms with E-state index in [0.29, 0.717) is 31.7 Å². The molecule has 1 unspecified atom stereocenters. The molecule has 0 aliphatic carbocycles. The lowest BCUT2D eigenvalue weighted by atomic mass is 10.1. The van der Waals surface area contributed by atoms with Gasteiger partial charge in [-0.3, -0.25) is 9.69 Å². The van der Waals surface area contributed by atoms with Crippen LogP contribution in [0, 0.1) is 11.3 Å². The number of nitrogens with zero attached hydrogens (tertiary/aromatic N) is 3. The van der Waals surface area contributed by atoms with Gasteiger partial charge >= 0.3 is 0 Å². The van der Waals surface area contributed by atoms with Crippen LogP contribution in [-0.4, -0.2) is 49.0 Å². The van der Waals surface area contributed by atoms with Crippen LogP contribution >= 0.6 is 15.9 Å². The molecular formula is C20H20BrN3O2. The van der Waals surface area contributed by atoms with Crippen molar-refractivity contribution in [2.45, 2.75) is 6.04 Å². The normalized spacial score (nSPS) is 16.0. The Hall–Kier alpha value is -2.36. The summed E-state index contributed by atoms with van der Waals surface area (Å²) in [5.41, 5.74) is 1.62. The van der Waals surface area contributed by atoms with Gasteiger partial charge < -0.3 is 9.64 Å². The fraction of sp³-hybridized carbons (Fsp3) is 0.300. The van der Waals surface area contributed by atoms with Gasteiger partial charge in [-0.1, -0.05) is 34.1 Å². The lowest BCUT2D eigenvalue weighted by Crippen LogP contribution is -2.49. The Morgan fingerprint density at radius 3 is 2.42 bits per heavy atom. The molecule has 0 saturated carbocycles. The van der Waals surface area contributed by atoms with Gasteiger partial charge in [0.05, 0.1) is 13.2 Å². The Morgan fingerprint density at radius 2 is 1.85 bits per heavy atom. The van der Waals surface area contributed by atoms with Gasteiger partial charge in [0.2, 0.25) is 0 Å². The van der Waals surface area contributed by atoms with Gasteiger partial charge in [0.15, 0.2) is 0 Å². The lowest BCUT2D eigenvalue weighted by molar-refractivity contribution is 0.0606. The minimum absolute atomic E-state index is 0.0314. The lowest BCUT2D eigenvalue weighted by Gasteiger charge is -2.37. The summed E-state index contributed by atoms with van der Waals surface area (Å²) in [6.45, 7) is 2.56. The molecule has 134 valence electrons. The van der Waals surface area contributed by atoms with E-state index in [1.165, 1.54) is 0 Å². The minimum Gasteiger partial charge on any atom is -0.497 e. The van der Waals surface area contributed by atoms with E-state index in [4.69, 9.17) is 4.74 Å². The Balaban J connectivity index is 1.65. The molecule has 0 N–H and O–H groups in total. The summed E-state index contributed by atoms with van der Waals surface area (Å²) in [5.74, 6) is 0.804. The first-order chi connectivity index (χ1) is 12.6. The molecule has 1 aliphatic heterocycles. The standard InChI is InChI=1S/C20H20BrN3O2/c1-26-18-7-5-15(6-8-18)19(14-22)23-9-11-24(12-10-23)20(25)16-3-2-4-17(21)13-16/h2-8,13,19H,9-12H2,1H3. The fourth-order valence-corrected chi connectivity index (χ4v) is 3.54. The van der Waals surface area contributed by atoms with Gasteiger partial charge in [0.1, 0.15) is 11.8 Å². The second kappa shape index (κ2) is 8.35. The summed E-state index contributed by atoms with van der Waals surface area (Å²) < 4.78 is 6.07. The van der Waals surface area contributed by atoms with E-state index >= 15 is 0 Å². The van der Waals surface area contributed by atoms with Crippen molar-refractivity contribution in [1.82, 2.24) is 9.80 Å². The molecule has 1 atom stereocenters. The molecule has 2 aromatic rings. The molecule has 1 aliphatic rings. The molecule has 1 heterocycles. The minimum atomic E-state index is -0.316. The van der Waals surface area contributed by atoms with Crippen molar-refractivity contribution in [3.63, 3.8) is 0 Å². The molecule has 2 aromatic carbocycles. The number of ether oxygens (including phenoxy) is 1. The number of hydrogen-bond donors (Lipinski definition) is 0. The van der Waals surface area contributed by atoms with Crippen molar-refractivity contribution in [2.24, 2.45) is 0 Å². The number of halogens is 1. The number of carbonyl (C=O) groups excluding carboxylic acids is 1. The van der Waals surface area contributed by atoms with E-state index < -0.39 is 0 Å². The van der Waals surface area contributed by atoms with Crippen molar-refractivity contribution >= 4 is 21.8 Å². The van der Waals surface area contributed by atoms with E-state index in [9.17, 15) is 10.1 Å². The van der Waals surface area contributed by atoms with E-state index in [-0.39, 0.29) is 11.9 Å². The largest absolute Gasteiger partial charge is 0.497 e. The zero-order valence-corrected chi connectivity index (χ0v) is 16.1. The number of amides is 1. The topological polar surface area (TPSA) is 56.6 Å². The predicted octanol–water partition coefficient (Wildman–Crippen LogP) is 3.48. The molecule has 5 nitrogen and oxygen atoms in total. The third kappa shape index (κ3) is 4.06. The summed E-state index contributed by atoms with van der Waals surface area (Å²) in [6, 6.07) is 17.1. The molecule has 0 bridgehead atoms. The Labute approximate surface area is 161 Å². The summed E-state index contributed by atoms with van der Waals surface area (Å²) >= 11 is 3.40. The maximum Gasteiger partial charge on any atom is 0.253 e. The van der Waals surface area contributed by atoms with Gasteiger partial charge in [-0.25, -0.2) is 0 Å². The third-order valence-corrected chi connectivity index (χ3v) is 5.09. The first kappa shape index (κ1) is 18.4. The van der Waals surface area contributed by atoms with E-state index in [0.717, 1.165) is 15.8 Å². The maximum atomic E-state index is 12.6. The average Bonchev–Trinajstić information content (AvgIpc) is 2.69. The second-order valence-corrected chi connectivity index (χ2v) is 7.06. The van der Waals surface area contributed by atoms with Crippen molar-refractivity contribution in [2.75, 3.05) is 33.3 Å². The highest BCUT2D eigenvalue weighted by Crippen LogP contribution is 2.24. The molecule has 26 heavy (non-hydrogen) atoms. The van der Waals surface area contributed by atoms with Gasteiger partial charge in [-0.15, -0.1) is 0 Å². The molecule has 6 heteroatoms. The molecule has 1 amide bonds. The van der Waals surface area contributed by atoms with Crippen LogP contribution in [0.1, 0.15) is 22.0 Å². The molecule has 0 aromatic heterocycles. The van der Waals surface area contributed by atoms with Gasteiger partial charge in [-0.2, -0.15) is 5.26 Å². The Bertz CT molecular complexity index is 809. The van der Waals surface area contributed by atoms with Gasteiger partial charge in [0.25, 0.3) is 5.91 Å². The number of methoxy groups -OCH3 is 1. The highest BCUT2D eigenvalue weighted by Gasteiger charge is 2.27. The summed E-state index contributed by atoms with van der Waals surface area (Å²) in [4.78, 5) is 16.6. The number of nitriles is 1. The number of carbonyl (C=O) groups is 1. The van der Waals surface area contributed by atoms with Crippen LogP contribution < -0.4 is 4.74 Å². The van der Waals surface area contributed by atoms with Crippen molar-refractivity contribution in [1.29, 1.82) is 5.26 Å². The predicted molar refractivity (Wildman–Crippen MR) is 103 cm³/mol. The van der Waals surface area contributed by atoms with Crippen LogP contribution in [0.3, 0.4) is 0 Å². The zero-order valence-electron chi connectivity index (χ0n) is 14.6. The molecule has 3 rings (SSSR count). The third-order valence-electron chi connectivity index (χ3n) is 4.59. The molecular weight excluding hydrogens is 394 g/mol. The van der Waals surface area contributed by atoms with Crippen molar-refractivity contribution in [3.05, 3.63) is 64.1 Å². The molecule has 0 radical (unpaired) electrons. The van der Waals surface area contributed by atoms with Crippen molar-refractivity contribution < 1.29 is 9.53 Å². The van der Waals surface area contributed by atoms with E-state index in [1.807, 2.05) is 53.4 Å². The average molecular weight is 414 g/mol. The molecule has 0 spiro atoms. The first-order valence-electron chi connectivity index (χ1n) is 8.45. The summed E-state index contributed by atoms with van der Waals surface area (Å²) in [7, 11) is 1.62. The van der Waals surface area contributed by atoms with Crippen LogP contribution in [0.2, 0.25) is 0 Å². The van der Waals surface area contributed by atoms with Gasteiger partial charge in [-0.05, 0) is 35.9 Å². The van der Waals surface area contributed by atoms with Crippen LogP contribution in [-0.2, 0) is 0 Å². The highest BCUT2D eigenvalue weighted by molar-refractivity contribution is 9.10. The van der Waals surface area contributed by atoms with Crippen LogP contribution in [0.5, 0.6) is 5.75 Å². The zero-order chi connectivity index (χ0) is 18.5.